The van der Waals surface area contributed by atoms with Crippen molar-refractivity contribution in [1.29, 1.82) is 0 Å². The number of benzene rings is 1. The lowest BCUT2D eigenvalue weighted by atomic mass is 10.3. The van der Waals surface area contributed by atoms with Crippen molar-refractivity contribution < 1.29 is 9.59 Å². The number of fused-ring (bicyclic) bond motifs is 3. The molecule has 0 aliphatic carbocycles. The van der Waals surface area contributed by atoms with Gasteiger partial charge >= 0.3 is 6.03 Å². The van der Waals surface area contributed by atoms with Gasteiger partial charge in [0.2, 0.25) is 11.9 Å². The highest BCUT2D eigenvalue weighted by atomic mass is 16.2. The lowest BCUT2D eigenvalue weighted by Crippen LogP contribution is -2.49. The molecule has 0 spiro atoms. The van der Waals surface area contributed by atoms with Crippen LogP contribution in [0, 0.1) is 0 Å². The molecule has 7 heteroatoms. The van der Waals surface area contributed by atoms with E-state index in [-0.39, 0.29) is 11.9 Å². The number of hydrogen-bond donors (Lipinski definition) is 2. The Labute approximate surface area is 141 Å². The summed E-state index contributed by atoms with van der Waals surface area (Å²) in [6.07, 6.45) is 1.95. The first-order chi connectivity index (χ1) is 11.6. The number of amides is 3. The third-order valence-corrected chi connectivity index (χ3v) is 4.23. The van der Waals surface area contributed by atoms with E-state index in [0.717, 1.165) is 23.9 Å². The van der Waals surface area contributed by atoms with Crippen LogP contribution in [0.25, 0.3) is 11.0 Å². The lowest BCUT2D eigenvalue weighted by Gasteiger charge is -2.19. The van der Waals surface area contributed by atoms with E-state index in [0.29, 0.717) is 25.6 Å². The summed E-state index contributed by atoms with van der Waals surface area (Å²) in [4.78, 5) is 30.6. The smallest absolute Gasteiger partial charge is 0.324 e. The minimum atomic E-state index is -0.576. The molecule has 1 aliphatic heterocycles. The third-order valence-electron chi connectivity index (χ3n) is 4.23. The van der Waals surface area contributed by atoms with Crippen LogP contribution in [0.2, 0.25) is 0 Å². The maximum Gasteiger partial charge on any atom is 0.324 e. The fourth-order valence-corrected chi connectivity index (χ4v) is 2.85. The number of hydrogen-bond acceptors (Lipinski definition) is 3. The van der Waals surface area contributed by atoms with Crippen LogP contribution in [0.4, 0.5) is 10.7 Å². The SMILES string of the molecule is CCCCNC(=O)[C@H](C)NC(=O)N1CCn2c1nc1ccccc12. The minimum Gasteiger partial charge on any atom is -0.354 e. The maximum atomic E-state index is 12.5. The van der Waals surface area contributed by atoms with Crippen molar-refractivity contribution in [3.8, 4) is 0 Å². The molecule has 1 aliphatic rings. The first kappa shape index (κ1) is 16.3. The average molecular weight is 329 g/mol. The van der Waals surface area contributed by atoms with Crippen LogP contribution >= 0.6 is 0 Å². The topological polar surface area (TPSA) is 79.3 Å². The van der Waals surface area contributed by atoms with Gasteiger partial charge in [0.1, 0.15) is 6.04 Å². The Morgan fingerprint density at radius 3 is 2.88 bits per heavy atom. The average Bonchev–Trinajstić information content (AvgIpc) is 3.13. The second-order valence-corrected chi connectivity index (χ2v) is 6.02. The molecule has 1 aromatic heterocycles. The van der Waals surface area contributed by atoms with E-state index in [1.54, 1.807) is 11.8 Å². The molecule has 0 unspecified atom stereocenters. The first-order valence-corrected chi connectivity index (χ1v) is 8.43. The summed E-state index contributed by atoms with van der Waals surface area (Å²) >= 11 is 0. The Kier molecular flexibility index (Phi) is 4.69. The van der Waals surface area contributed by atoms with Gasteiger partial charge in [-0.25, -0.2) is 9.78 Å². The molecule has 2 N–H and O–H groups in total. The van der Waals surface area contributed by atoms with E-state index in [1.165, 1.54) is 0 Å². The summed E-state index contributed by atoms with van der Waals surface area (Å²) in [6.45, 7) is 5.66. The summed E-state index contributed by atoms with van der Waals surface area (Å²) in [6, 6.07) is 6.95. The second-order valence-electron chi connectivity index (χ2n) is 6.02. The predicted molar refractivity (Wildman–Crippen MR) is 93.0 cm³/mol. The van der Waals surface area contributed by atoms with Crippen LogP contribution < -0.4 is 15.5 Å². The van der Waals surface area contributed by atoms with Crippen molar-refractivity contribution >= 4 is 28.9 Å². The fraction of sp³-hybridized carbons (Fsp3) is 0.471. The van der Waals surface area contributed by atoms with E-state index >= 15 is 0 Å². The molecule has 1 aromatic carbocycles. The van der Waals surface area contributed by atoms with Crippen molar-refractivity contribution in [2.75, 3.05) is 18.0 Å². The Morgan fingerprint density at radius 2 is 2.08 bits per heavy atom. The molecule has 128 valence electrons. The minimum absolute atomic E-state index is 0.163. The van der Waals surface area contributed by atoms with Crippen LogP contribution in [0.3, 0.4) is 0 Å². The molecule has 1 atom stereocenters. The summed E-state index contributed by atoms with van der Waals surface area (Å²) in [5.41, 5.74) is 1.89. The van der Waals surface area contributed by atoms with Gasteiger partial charge in [0, 0.05) is 19.6 Å². The van der Waals surface area contributed by atoms with Gasteiger partial charge in [0.15, 0.2) is 0 Å². The molecule has 0 bridgehead atoms. The highest BCUT2D eigenvalue weighted by Crippen LogP contribution is 2.26. The van der Waals surface area contributed by atoms with Gasteiger partial charge in [-0.3, -0.25) is 9.69 Å². The van der Waals surface area contributed by atoms with Crippen LogP contribution in [-0.4, -0.2) is 40.6 Å². The second kappa shape index (κ2) is 6.90. The molecular formula is C17H23N5O2. The Balaban J connectivity index is 1.66. The number of unbranched alkanes of at least 4 members (excludes halogenated alkanes) is 1. The maximum absolute atomic E-state index is 12.5. The van der Waals surface area contributed by atoms with E-state index in [4.69, 9.17) is 0 Å². The van der Waals surface area contributed by atoms with Gasteiger partial charge in [-0.05, 0) is 25.5 Å². The number of anilines is 1. The van der Waals surface area contributed by atoms with E-state index in [2.05, 4.69) is 22.5 Å². The van der Waals surface area contributed by atoms with Gasteiger partial charge < -0.3 is 15.2 Å². The number of aromatic nitrogens is 2. The van der Waals surface area contributed by atoms with E-state index < -0.39 is 6.04 Å². The molecule has 0 fully saturated rings. The molecule has 0 saturated heterocycles. The summed E-state index contributed by atoms with van der Waals surface area (Å²) in [5, 5.41) is 5.58. The van der Waals surface area contributed by atoms with Crippen LogP contribution in [-0.2, 0) is 11.3 Å². The first-order valence-electron chi connectivity index (χ1n) is 8.43. The van der Waals surface area contributed by atoms with Crippen LogP contribution in [0.1, 0.15) is 26.7 Å². The van der Waals surface area contributed by atoms with Crippen molar-refractivity contribution in [2.24, 2.45) is 0 Å². The monoisotopic (exact) mass is 329 g/mol. The van der Waals surface area contributed by atoms with Gasteiger partial charge in [0.05, 0.1) is 11.0 Å². The largest absolute Gasteiger partial charge is 0.354 e. The number of urea groups is 1. The molecule has 7 nitrogen and oxygen atoms in total. The molecule has 2 heterocycles. The van der Waals surface area contributed by atoms with E-state index in [1.807, 2.05) is 28.8 Å². The fourth-order valence-electron chi connectivity index (χ4n) is 2.85. The molecule has 2 aromatic rings. The van der Waals surface area contributed by atoms with Crippen molar-refractivity contribution in [1.82, 2.24) is 20.2 Å². The number of rotatable bonds is 5. The summed E-state index contributed by atoms with van der Waals surface area (Å²) in [7, 11) is 0. The number of nitrogens with zero attached hydrogens (tertiary/aromatic N) is 3. The lowest BCUT2D eigenvalue weighted by molar-refractivity contribution is -0.122. The number of nitrogens with one attached hydrogen (secondary N) is 2. The van der Waals surface area contributed by atoms with Gasteiger partial charge in [0.25, 0.3) is 0 Å². The zero-order chi connectivity index (χ0) is 17.1. The Bertz CT molecular complexity index is 755. The van der Waals surface area contributed by atoms with Gasteiger partial charge in [-0.2, -0.15) is 0 Å². The van der Waals surface area contributed by atoms with Crippen LogP contribution in [0.5, 0.6) is 0 Å². The van der Waals surface area contributed by atoms with Gasteiger partial charge in [-0.15, -0.1) is 0 Å². The highest BCUT2D eigenvalue weighted by Gasteiger charge is 2.29. The Morgan fingerprint density at radius 1 is 1.29 bits per heavy atom. The zero-order valence-electron chi connectivity index (χ0n) is 14.1. The normalized spacial score (nSPS) is 14.5. The quantitative estimate of drug-likeness (QED) is 0.822. The number of imidazole rings is 1. The van der Waals surface area contributed by atoms with Crippen molar-refractivity contribution in [2.45, 2.75) is 39.3 Å². The molecule has 0 saturated carbocycles. The molecular weight excluding hydrogens is 306 g/mol. The third kappa shape index (κ3) is 3.06. The zero-order valence-corrected chi connectivity index (χ0v) is 14.1. The number of carbonyl (C=O) groups is 2. The van der Waals surface area contributed by atoms with E-state index in [9.17, 15) is 9.59 Å². The molecule has 3 rings (SSSR count). The molecule has 0 radical (unpaired) electrons. The summed E-state index contributed by atoms with van der Waals surface area (Å²) < 4.78 is 2.03. The van der Waals surface area contributed by atoms with Crippen molar-refractivity contribution in [3.63, 3.8) is 0 Å². The van der Waals surface area contributed by atoms with Gasteiger partial charge in [-0.1, -0.05) is 25.5 Å². The molecule has 3 amide bonds. The predicted octanol–water partition coefficient (Wildman–Crippen LogP) is 1.87. The number of para-hydroxylation sites is 2. The van der Waals surface area contributed by atoms with Crippen molar-refractivity contribution in [3.05, 3.63) is 24.3 Å². The number of carbonyl (C=O) groups excluding carboxylic acids is 2. The molecule has 24 heavy (non-hydrogen) atoms. The summed E-state index contributed by atoms with van der Waals surface area (Å²) in [5.74, 6) is 0.469. The standard InChI is InChI=1S/C17H23N5O2/c1-3-4-9-18-15(23)12(2)19-17(24)22-11-10-21-14-8-6-5-7-13(14)20-16(21)22/h5-8,12H,3-4,9-11H2,1-2H3,(H,18,23)(H,19,24)/t12-/m0/s1. The Hall–Kier alpha value is -2.57. The highest BCUT2D eigenvalue weighted by molar-refractivity contribution is 5.96. The van der Waals surface area contributed by atoms with Crippen LogP contribution in [0.15, 0.2) is 24.3 Å².